The number of hydrogen-bond acceptors (Lipinski definition) is 5. The van der Waals surface area contributed by atoms with E-state index in [4.69, 9.17) is 5.26 Å². The van der Waals surface area contributed by atoms with Gasteiger partial charge in [-0.3, -0.25) is 4.79 Å². The lowest BCUT2D eigenvalue weighted by Crippen LogP contribution is -2.28. The molecule has 0 unspecified atom stereocenters. The fourth-order valence-corrected chi connectivity index (χ4v) is 4.49. The monoisotopic (exact) mass is 396 g/mol. The van der Waals surface area contributed by atoms with E-state index in [2.05, 4.69) is 10.5 Å². The maximum Gasteiger partial charge on any atom is 0.271 e. The van der Waals surface area contributed by atoms with E-state index in [9.17, 15) is 13.2 Å². The Kier molecular flexibility index (Phi) is 5.87. The molecule has 0 spiro atoms. The molecule has 28 heavy (non-hydrogen) atoms. The predicted octanol–water partition coefficient (Wildman–Crippen LogP) is 2.50. The molecule has 1 amide bonds. The van der Waals surface area contributed by atoms with Crippen LogP contribution >= 0.6 is 0 Å². The fourth-order valence-electron chi connectivity index (χ4n) is 2.93. The average molecular weight is 396 g/mol. The number of amides is 1. The van der Waals surface area contributed by atoms with Gasteiger partial charge in [-0.25, -0.2) is 13.8 Å². The van der Waals surface area contributed by atoms with Crippen LogP contribution in [0.3, 0.4) is 0 Å². The van der Waals surface area contributed by atoms with Crippen molar-refractivity contribution in [2.75, 3.05) is 13.1 Å². The van der Waals surface area contributed by atoms with Crippen molar-refractivity contribution < 1.29 is 13.2 Å². The number of hydrazone groups is 1. The lowest BCUT2D eigenvalue weighted by atomic mass is 10.1. The highest BCUT2D eigenvalue weighted by atomic mass is 32.2. The highest BCUT2D eigenvalue weighted by Crippen LogP contribution is 2.21. The first-order valence-corrected chi connectivity index (χ1v) is 10.3. The molecule has 0 radical (unpaired) electrons. The van der Waals surface area contributed by atoms with Gasteiger partial charge in [0, 0.05) is 18.7 Å². The third-order valence-corrected chi connectivity index (χ3v) is 6.45. The molecule has 8 heteroatoms. The molecular formula is C20H20N4O3S. The molecule has 2 aromatic rings. The zero-order valence-corrected chi connectivity index (χ0v) is 16.2. The maximum absolute atomic E-state index is 12.7. The predicted molar refractivity (Wildman–Crippen MR) is 105 cm³/mol. The first-order valence-electron chi connectivity index (χ1n) is 8.87. The minimum absolute atomic E-state index is 0.106. The molecule has 7 nitrogen and oxygen atoms in total. The van der Waals surface area contributed by atoms with Crippen molar-refractivity contribution in [1.29, 1.82) is 5.26 Å². The summed E-state index contributed by atoms with van der Waals surface area (Å²) in [6.45, 7) is 2.75. The Labute approximate surface area is 164 Å². The summed E-state index contributed by atoms with van der Waals surface area (Å²) in [5, 5.41) is 12.9. The topological polar surface area (TPSA) is 103 Å². The third kappa shape index (κ3) is 4.27. The zero-order valence-electron chi connectivity index (χ0n) is 15.4. The molecule has 0 saturated carbocycles. The number of hydrogen-bond donors (Lipinski definition) is 1. The molecule has 144 valence electrons. The normalized spacial score (nSPS) is 15.2. The van der Waals surface area contributed by atoms with Crippen molar-refractivity contribution in [3.05, 3.63) is 65.2 Å². The van der Waals surface area contributed by atoms with Crippen molar-refractivity contribution >= 4 is 21.6 Å². The molecule has 1 N–H and O–H groups in total. The minimum Gasteiger partial charge on any atom is -0.267 e. The van der Waals surface area contributed by atoms with Gasteiger partial charge in [-0.2, -0.15) is 14.7 Å². The molecule has 0 aliphatic carbocycles. The Balaban J connectivity index is 1.75. The van der Waals surface area contributed by atoms with E-state index in [1.807, 2.05) is 6.07 Å². The van der Waals surface area contributed by atoms with Crippen LogP contribution < -0.4 is 5.43 Å². The van der Waals surface area contributed by atoms with E-state index in [1.54, 1.807) is 43.3 Å². The van der Waals surface area contributed by atoms with Gasteiger partial charge in [-0.05, 0) is 55.7 Å². The summed E-state index contributed by atoms with van der Waals surface area (Å²) in [5.41, 5.74) is 4.54. The van der Waals surface area contributed by atoms with Crippen molar-refractivity contribution in [2.45, 2.75) is 24.7 Å². The molecule has 1 saturated heterocycles. The number of nitriles is 1. The number of carbonyl (C=O) groups is 1. The quantitative estimate of drug-likeness (QED) is 0.619. The van der Waals surface area contributed by atoms with Crippen LogP contribution in [0.4, 0.5) is 0 Å². The lowest BCUT2D eigenvalue weighted by Gasteiger charge is -2.15. The van der Waals surface area contributed by atoms with Crippen LogP contribution in [0, 0.1) is 11.3 Å². The Morgan fingerprint density at radius 3 is 2.43 bits per heavy atom. The fraction of sp³-hybridized carbons (Fsp3) is 0.250. The standard InChI is InChI=1S/C20H20N4O3S/c1-15(17-9-7-16(14-21)8-10-17)22-23-20(25)18-5-4-6-19(13-18)28(26,27)24-11-2-3-12-24/h4-10,13H,2-3,11-12H2,1H3,(H,23,25)/b22-15+. The van der Waals surface area contributed by atoms with Crippen molar-refractivity contribution in [3.63, 3.8) is 0 Å². The first-order chi connectivity index (χ1) is 13.4. The number of carbonyl (C=O) groups excluding carboxylic acids is 1. The number of sulfonamides is 1. The van der Waals surface area contributed by atoms with Crippen LogP contribution in [0.1, 0.15) is 41.3 Å². The summed E-state index contributed by atoms with van der Waals surface area (Å²) >= 11 is 0. The van der Waals surface area contributed by atoms with Gasteiger partial charge in [0.1, 0.15) is 0 Å². The molecule has 0 atom stereocenters. The Morgan fingerprint density at radius 1 is 1.11 bits per heavy atom. The second-order valence-electron chi connectivity index (χ2n) is 6.47. The van der Waals surface area contributed by atoms with Crippen molar-refractivity contribution in [3.8, 4) is 6.07 Å². The molecule has 1 aliphatic rings. The lowest BCUT2D eigenvalue weighted by molar-refractivity contribution is 0.0954. The number of nitrogens with zero attached hydrogens (tertiary/aromatic N) is 3. The van der Waals surface area contributed by atoms with Gasteiger partial charge in [0.15, 0.2) is 0 Å². The van der Waals surface area contributed by atoms with Gasteiger partial charge in [-0.1, -0.05) is 18.2 Å². The van der Waals surface area contributed by atoms with Crippen LogP contribution in [-0.4, -0.2) is 37.4 Å². The molecule has 0 aromatic heterocycles. The van der Waals surface area contributed by atoms with E-state index in [0.29, 0.717) is 24.4 Å². The summed E-state index contributed by atoms with van der Waals surface area (Å²) in [7, 11) is -3.58. The molecule has 1 heterocycles. The number of rotatable bonds is 5. The van der Waals surface area contributed by atoms with Crippen molar-refractivity contribution in [2.24, 2.45) is 5.10 Å². The van der Waals surface area contributed by atoms with Gasteiger partial charge in [0.25, 0.3) is 5.91 Å². The summed E-state index contributed by atoms with van der Waals surface area (Å²) in [6, 6.07) is 14.8. The summed E-state index contributed by atoms with van der Waals surface area (Å²) in [6.07, 6.45) is 1.70. The van der Waals surface area contributed by atoms with E-state index in [1.165, 1.54) is 16.4 Å². The number of benzene rings is 2. The summed E-state index contributed by atoms with van der Waals surface area (Å²) in [4.78, 5) is 12.5. The molecule has 3 rings (SSSR count). The van der Waals surface area contributed by atoms with Crippen LogP contribution in [0.2, 0.25) is 0 Å². The van der Waals surface area contributed by atoms with Gasteiger partial charge in [-0.15, -0.1) is 0 Å². The zero-order chi connectivity index (χ0) is 20.1. The van der Waals surface area contributed by atoms with E-state index >= 15 is 0 Å². The van der Waals surface area contributed by atoms with Gasteiger partial charge in [0.05, 0.1) is 22.2 Å². The Bertz CT molecular complexity index is 1050. The van der Waals surface area contributed by atoms with Gasteiger partial charge in [0.2, 0.25) is 10.0 Å². The molecule has 1 fully saturated rings. The number of nitrogens with one attached hydrogen (secondary N) is 1. The van der Waals surface area contributed by atoms with E-state index in [-0.39, 0.29) is 10.5 Å². The molecule has 2 aromatic carbocycles. The SMILES string of the molecule is C/C(=N\NC(=O)c1cccc(S(=O)(=O)N2CCCC2)c1)c1ccc(C#N)cc1. The highest BCUT2D eigenvalue weighted by Gasteiger charge is 2.27. The van der Waals surface area contributed by atoms with Crippen LogP contribution in [0.15, 0.2) is 58.5 Å². The summed E-state index contributed by atoms with van der Waals surface area (Å²) in [5.74, 6) is -0.494. The average Bonchev–Trinajstić information content (AvgIpc) is 3.27. The molecule has 0 bridgehead atoms. The smallest absolute Gasteiger partial charge is 0.267 e. The van der Waals surface area contributed by atoms with Crippen molar-refractivity contribution in [1.82, 2.24) is 9.73 Å². The van der Waals surface area contributed by atoms with E-state index in [0.717, 1.165) is 18.4 Å². The highest BCUT2D eigenvalue weighted by molar-refractivity contribution is 7.89. The third-order valence-electron chi connectivity index (χ3n) is 4.56. The Morgan fingerprint density at radius 2 is 1.79 bits per heavy atom. The van der Waals surface area contributed by atoms with Crippen LogP contribution in [0.25, 0.3) is 0 Å². The maximum atomic E-state index is 12.7. The van der Waals surface area contributed by atoms with Crippen LogP contribution in [0.5, 0.6) is 0 Å². The summed E-state index contributed by atoms with van der Waals surface area (Å²) < 4.78 is 26.8. The minimum atomic E-state index is -3.58. The second kappa shape index (κ2) is 8.33. The second-order valence-corrected chi connectivity index (χ2v) is 8.40. The first kappa shape index (κ1) is 19.7. The Hall–Kier alpha value is -3.02. The van der Waals surface area contributed by atoms with E-state index < -0.39 is 15.9 Å². The molecule has 1 aliphatic heterocycles. The van der Waals surface area contributed by atoms with Gasteiger partial charge < -0.3 is 0 Å². The van der Waals surface area contributed by atoms with Gasteiger partial charge >= 0.3 is 0 Å². The van der Waals surface area contributed by atoms with Crippen LogP contribution in [-0.2, 0) is 10.0 Å². The molecular weight excluding hydrogens is 376 g/mol. The largest absolute Gasteiger partial charge is 0.271 e.